The molecule has 0 fully saturated rings. The van der Waals surface area contributed by atoms with Gasteiger partial charge in [0.2, 0.25) is 6.79 Å². The molecule has 4 heteroatoms. The molecule has 2 aromatic rings. The fourth-order valence-electron chi connectivity index (χ4n) is 3.22. The minimum Gasteiger partial charge on any atom is -0.454 e. The Morgan fingerprint density at radius 3 is 2.86 bits per heavy atom. The summed E-state index contributed by atoms with van der Waals surface area (Å²) in [4.78, 5) is 2.34. The summed E-state index contributed by atoms with van der Waals surface area (Å²) in [6, 6.07) is 12.9. The summed E-state index contributed by atoms with van der Waals surface area (Å²) < 4.78 is 10.9. The third-order valence-electron chi connectivity index (χ3n) is 4.29. The van der Waals surface area contributed by atoms with Gasteiger partial charge in [0, 0.05) is 24.8 Å². The van der Waals surface area contributed by atoms with Crippen molar-refractivity contribution in [2.75, 3.05) is 18.2 Å². The van der Waals surface area contributed by atoms with Crippen LogP contribution in [0.5, 0.6) is 11.5 Å². The number of nitrogens with two attached hydrogens (primary N) is 1. The molecular formula is C17H18N2O2. The van der Waals surface area contributed by atoms with Gasteiger partial charge < -0.3 is 20.1 Å². The van der Waals surface area contributed by atoms with Crippen LogP contribution in [-0.2, 0) is 6.54 Å². The minimum atomic E-state index is 0.222. The molecule has 21 heavy (non-hydrogen) atoms. The lowest BCUT2D eigenvalue weighted by Crippen LogP contribution is -2.27. The highest BCUT2D eigenvalue weighted by Gasteiger charge is 2.30. The second-order valence-electron chi connectivity index (χ2n) is 5.62. The lowest BCUT2D eigenvalue weighted by atomic mass is 10.0. The molecular weight excluding hydrogens is 264 g/mol. The first-order chi connectivity index (χ1) is 10.3. The molecule has 0 saturated heterocycles. The van der Waals surface area contributed by atoms with Crippen molar-refractivity contribution >= 4 is 5.69 Å². The van der Waals surface area contributed by atoms with Crippen molar-refractivity contribution in [2.24, 2.45) is 5.73 Å². The summed E-state index contributed by atoms with van der Waals surface area (Å²) in [5.41, 5.74) is 11.1. The minimum absolute atomic E-state index is 0.222. The summed E-state index contributed by atoms with van der Waals surface area (Å²) >= 11 is 0. The molecule has 2 N–H and O–H groups in total. The molecule has 108 valence electrons. The Kier molecular flexibility index (Phi) is 2.79. The van der Waals surface area contributed by atoms with E-state index in [0.717, 1.165) is 23.7 Å². The molecule has 0 bridgehead atoms. The molecule has 0 aliphatic carbocycles. The number of fused-ring (bicyclic) bond motifs is 2. The Balaban J connectivity index is 1.73. The fraction of sp³-hybridized carbons (Fsp3) is 0.294. The average Bonchev–Trinajstić information content (AvgIpc) is 3.09. The third-order valence-corrected chi connectivity index (χ3v) is 4.29. The molecule has 2 aromatic carbocycles. The smallest absolute Gasteiger partial charge is 0.231 e. The van der Waals surface area contributed by atoms with Crippen LogP contribution in [0.3, 0.4) is 0 Å². The summed E-state index contributed by atoms with van der Waals surface area (Å²) in [7, 11) is 0. The molecule has 1 atom stereocenters. The zero-order valence-electron chi connectivity index (χ0n) is 12.0. The SMILES string of the molecule is Cc1ccc2c(c1)C(CN)N(c1ccc3c(c1)OCO3)C2. The van der Waals surface area contributed by atoms with Crippen molar-refractivity contribution in [3.05, 3.63) is 53.1 Å². The average molecular weight is 282 g/mol. The van der Waals surface area contributed by atoms with Gasteiger partial charge >= 0.3 is 0 Å². The number of ether oxygens (including phenoxy) is 2. The maximum absolute atomic E-state index is 6.04. The summed E-state index contributed by atoms with van der Waals surface area (Å²) in [5.74, 6) is 1.63. The first-order valence-corrected chi connectivity index (χ1v) is 7.22. The van der Waals surface area contributed by atoms with Crippen LogP contribution in [0.15, 0.2) is 36.4 Å². The van der Waals surface area contributed by atoms with E-state index in [1.165, 1.54) is 16.7 Å². The summed E-state index contributed by atoms with van der Waals surface area (Å²) in [6.07, 6.45) is 0. The van der Waals surface area contributed by atoms with Crippen molar-refractivity contribution in [1.82, 2.24) is 0 Å². The lowest BCUT2D eigenvalue weighted by Gasteiger charge is -2.26. The topological polar surface area (TPSA) is 47.7 Å². The van der Waals surface area contributed by atoms with Gasteiger partial charge in [-0.3, -0.25) is 0 Å². The van der Waals surface area contributed by atoms with Crippen LogP contribution in [0.2, 0.25) is 0 Å². The molecule has 2 heterocycles. The Morgan fingerprint density at radius 2 is 2.00 bits per heavy atom. The summed E-state index contributed by atoms with van der Waals surface area (Å²) in [5, 5.41) is 0. The summed E-state index contributed by atoms with van der Waals surface area (Å²) in [6.45, 7) is 3.91. The maximum atomic E-state index is 6.04. The molecule has 2 aliphatic heterocycles. The Labute approximate surface area is 124 Å². The molecule has 4 nitrogen and oxygen atoms in total. The van der Waals surface area contributed by atoms with Crippen molar-refractivity contribution in [2.45, 2.75) is 19.5 Å². The molecule has 0 spiro atoms. The number of hydrogen-bond donors (Lipinski definition) is 1. The van der Waals surface area contributed by atoms with E-state index in [1.54, 1.807) is 0 Å². The lowest BCUT2D eigenvalue weighted by molar-refractivity contribution is 0.174. The van der Waals surface area contributed by atoms with Crippen LogP contribution in [0, 0.1) is 6.92 Å². The quantitative estimate of drug-likeness (QED) is 0.920. The first-order valence-electron chi connectivity index (χ1n) is 7.22. The monoisotopic (exact) mass is 282 g/mol. The third kappa shape index (κ3) is 1.94. The van der Waals surface area contributed by atoms with Gasteiger partial charge in [-0.2, -0.15) is 0 Å². The predicted octanol–water partition coefficient (Wildman–Crippen LogP) is 2.74. The molecule has 1 unspecified atom stereocenters. The zero-order valence-corrected chi connectivity index (χ0v) is 12.0. The zero-order chi connectivity index (χ0) is 14.4. The van der Waals surface area contributed by atoms with Gasteiger partial charge in [0.25, 0.3) is 0 Å². The standard InChI is InChI=1S/C17H18N2O2/c1-11-2-3-12-9-19(15(8-18)14(12)6-11)13-4-5-16-17(7-13)21-10-20-16/h2-7,15H,8-10,18H2,1H3. The van der Waals surface area contributed by atoms with Crippen LogP contribution in [0.25, 0.3) is 0 Å². The Hall–Kier alpha value is -2.20. The molecule has 0 aromatic heterocycles. The number of aryl methyl sites for hydroxylation is 1. The Morgan fingerprint density at radius 1 is 1.14 bits per heavy atom. The number of nitrogens with zero attached hydrogens (tertiary/aromatic N) is 1. The van der Waals surface area contributed by atoms with Crippen molar-refractivity contribution < 1.29 is 9.47 Å². The molecule has 0 radical (unpaired) electrons. The van der Waals surface area contributed by atoms with Crippen molar-refractivity contribution in [3.8, 4) is 11.5 Å². The number of rotatable bonds is 2. The van der Waals surface area contributed by atoms with Crippen molar-refractivity contribution in [1.29, 1.82) is 0 Å². The van der Waals surface area contributed by atoms with E-state index >= 15 is 0 Å². The van der Waals surface area contributed by atoms with Gasteiger partial charge in [-0.25, -0.2) is 0 Å². The fourth-order valence-corrected chi connectivity index (χ4v) is 3.22. The van der Waals surface area contributed by atoms with Crippen LogP contribution in [0.1, 0.15) is 22.7 Å². The second kappa shape index (κ2) is 4.67. The number of anilines is 1. The normalized spacial score (nSPS) is 19.0. The molecule has 0 amide bonds. The highest BCUT2D eigenvalue weighted by molar-refractivity contribution is 5.61. The van der Waals surface area contributed by atoms with E-state index in [-0.39, 0.29) is 6.04 Å². The predicted molar refractivity (Wildman–Crippen MR) is 81.7 cm³/mol. The van der Waals surface area contributed by atoms with Gasteiger partial charge in [-0.05, 0) is 30.2 Å². The highest BCUT2D eigenvalue weighted by atomic mass is 16.7. The number of hydrogen-bond acceptors (Lipinski definition) is 4. The van der Waals surface area contributed by atoms with Crippen LogP contribution >= 0.6 is 0 Å². The number of benzene rings is 2. The van der Waals surface area contributed by atoms with Gasteiger partial charge in [0.15, 0.2) is 11.5 Å². The van der Waals surface area contributed by atoms with Crippen LogP contribution in [0.4, 0.5) is 5.69 Å². The van der Waals surface area contributed by atoms with E-state index in [2.05, 4.69) is 36.1 Å². The van der Waals surface area contributed by atoms with Gasteiger partial charge in [-0.15, -0.1) is 0 Å². The van der Waals surface area contributed by atoms with E-state index < -0.39 is 0 Å². The molecule has 0 saturated carbocycles. The molecule has 2 aliphatic rings. The van der Waals surface area contributed by atoms with Crippen LogP contribution < -0.4 is 20.1 Å². The first kappa shape index (κ1) is 12.5. The van der Waals surface area contributed by atoms with E-state index in [4.69, 9.17) is 15.2 Å². The highest BCUT2D eigenvalue weighted by Crippen LogP contribution is 2.41. The van der Waals surface area contributed by atoms with Gasteiger partial charge in [0.1, 0.15) is 0 Å². The Bertz CT molecular complexity index is 699. The van der Waals surface area contributed by atoms with Gasteiger partial charge in [0.05, 0.1) is 6.04 Å². The second-order valence-corrected chi connectivity index (χ2v) is 5.62. The maximum Gasteiger partial charge on any atom is 0.231 e. The van der Waals surface area contributed by atoms with Gasteiger partial charge in [-0.1, -0.05) is 23.8 Å². The van der Waals surface area contributed by atoms with E-state index in [0.29, 0.717) is 13.3 Å². The largest absolute Gasteiger partial charge is 0.454 e. The van der Waals surface area contributed by atoms with E-state index in [1.807, 2.05) is 12.1 Å². The van der Waals surface area contributed by atoms with Crippen LogP contribution in [-0.4, -0.2) is 13.3 Å². The molecule has 4 rings (SSSR count). The van der Waals surface area contributed by atoms with E-state index in [9.17, 15) is 0 Å². The van der Waals surface area contributed by atoms with Crippen molar-refractivity contribution in [3.63, 3.8) is 0 Å².